The van der Waals surface area contributed by atoms with E-state index in [1.165, 1.54) is 0 Å². The van der Waals surface area contributed by atoms with Crippen molar-refractivity contribution in [1.29, 1.82) is 0 Å². The first-order chi connectivity index (χ1) is 12.4. The zero-order chi connectivity index (χ0) is 18.3. The number of nitrogen functional groups attached to an aromatic ring is 2. The molecule has 1 saturated carbocycles. The molecule has 4 rings (SSSR count). The summed E-state index contributed by atoms with van der Waals surface area (Å²) in [6.45, 7) is 0. The third-order valence-corrected chi connectivity index (χ3v) is 6.58. The molecule has 3 aromatic rings. The number of hydrogen-bond donors (Lipinski definition) is 2. The maximum absolute atomic E-state index is 12.3. The van der Waals surface area contributed by atoms with E-state index in [2.05, 4.69) is 15.0 Å². The van der Waals surface area contributed by atoms with E-state index in [1.807, 2.05) is 0 Å². The summed E-state index contributed by atoms with van der Waals surface area (Å²) in [7, 11) is -3.20. The van der Waals surface area contributed by atoms with Crippen LogP contribution in [0.2, 0.25) is 0 Å². The average molecular weight is 367 g/mol. The van der Waals surface area contributed by atoms with Crippen LogP contribution in [-0.4, -0.2) is 28.6 Å². The summed E-state index contributed by atoms with van der Waals surface area (Å²) in [5.41, 5.74) is 14.1. The highest BCUT2D eigenvalue weighted by atomic mass is 32.2. The Hall–Kier alpha value is -3.00. The molecule has 2 heterocycles. The third-order valence-electron chi connectivity index (χ3n) is 4.30. The number of pyridine rings is 1. The molecule has 7 nitrogen and oxygen atoms in total. The summed E-state index contributed by atoms with van der Waals surface area (Å²) >= 11 is 0. The maximum Gasteiger partial charge on any atom is 0.181 e. The lowest BCUT2D eigenvalue weighted by Crippen LogP contribution is -2.06. The summed E-state index contributed by atoms with van der Waals surface area (Å²) in [4.78, 5) is 13.2. The molecule has 2 aromatic heterocycles. The monoisotopic (exact) mass is 367 g/mol. The molecule has 8 heteroatoms. The molecule has 0 radical (unpaired) electrons. The molecule has 4 N–H and O–H groups in total. The van der Waals surface area contributed by atoms with Crippen molar-refractivity contribution in [3.8, 4) is 22.5 Å². The van der Waals surface area contributed by atoms with Gasteiger partial charge in [-0.1, -0.05) is 12.1 Å². The van der Waals surface area contributed by atoms with E-state index in [0.29, 0.717) is 27.7 Å². The van der Waals surface area contributed by atoms with Crippen LogP contribution in [-0.2, 0) is 9.84 Å². The Labute approximate surface area is 151 Å². The number of nitrogens with two attached hydrogens (primary N) is 2. The highest BCUT2D eigenvalue weighted by Crippen LogP contribution is 2.34. The molecule has 0 atom stereocenters. The second-order valence-corrected chi connectivity index (χ2v) is 8.46. The van der Waals surface area contributed by atoms with Crippen molar-refractivity contribution >= 4 is 21.5 Å². The predicted molar refractivity (Wildman–Crippen MR) is 99.7 cm³/mol. The van der Waals surface area contributed by atoms with E-state index in [1.54, 1.807) is 48.8 Å². The highest BCUT2D eigenvalue weighted by molar-refractivity contribution is 7.92. The molecule has 132 valence electrons. The van der Waals surface area contributed by atoms with Crippen molar-refractivity contribution in [3.05, 3.63) is 48.8 Å². The van der Waals surface area contributed by atoms with Crippen LogP contribution in [0.4, 0.5) is 11.6 Å². The first-order valence-corrected chi connectivity index (χ1v) is 9.68. The second kappa shape index (κ2) is 6.06. The zero-order valence-corrected chi connectivity index (χ0v) is 14.6. The molecule has 1 aliphatic rings. The summed E-state index contributed by atoms with van der Waals surface area (Å²) in [6.07, 6.45) is 4.64. The Kier molecular flexibility index (Phi) is 3.84. The van der Waals surface area contributed by atoms with Gasteiger partial charge in [0.2, 0.25) is 0 Å². The van der Waals surface area contributed by atoms with Gasteiger partial charge in [-0.15, -0.1) is 0 Å². The standard InChI is InChI=1S/C18H17N5O2S/c19-16-8-3-12(9-21-16)17-18(20)22-10-15(23-17)11-1-4-13(5-2-11)26(24,25)14-6-7-14/h1-5,8-10,14H,6-7H2,(H2,19,21)(H2,20,22). The van der Waals surface area contributed by atoms with Crippen molar-refractivity contribution in [3.63, 3.8) is 0 Å². The fourth-order valence-electron chi connectivity index (χ4n) is 2.68. The van der Waals surface area contributed by atoms with Gasteiger partial charge in [0.1, 0.15) is 17.3 Å². The van der Waals surface area contributed by atoms with Crippen LogP contribution in [0.1, 0.15) is 12.8 Å². The number of rotatable bonds is 4. The van der Waals surface area contributed by atoms with Crippen molar-refractivity contribution < 1.29 is 8.42 Å². The molecule has 1 aromatic carbocycles. The minimum atomic E-state index is -3.20. The normalized spacial score (nSPS) is 14.3. The van der Waals surface area contributed by atoms with Gasteiger partial charge >= 0.3 is 0 Å². The molecule has 0 amide bonds. The summed E-state index contributed by atoms with van der Waals surface area (Å²) in [5, 5.41) is -0.228. The molecule has 1 fully saturated rings. The van der Waals surface area contributed by atoms with Crippen molar-refractivity contribution in [2.75, 3.05) is 11.5 Å². The summed E-state index contributed by atoms with van der Waals surface area (Å²) in [6, 6.07) is 10.1. The van der Waals surface area contributed by atoms with E-state index in [4.69, 9.17) is 11.5 Å². The quantitative estimate of drug-likeness (QED) is 0.725. The number of benzene rings is 1. The predicted octanol–water partition coefficient (Wildman–Crippen LogP) is 2.31. The minimum absolute atomic E-state index is 0.228. The third kappa shape index (κ3) is 2.99. The molecule has 0 unspecified atom stereocenters. The highest BCUT2D eigenvalue weighted by Gasteiger charge is 2.36. The van der Waals surface area contributed by atoms with Gasteiger partial charge in [-0.25, -0.2) is 23.4 Å². The van der Waals surface area contributed by atoms with E-state index >= 15 is 0 Å². The van der Waals surface area contributed by atoms with Gasteiger partial charge in [0.15, 0.2) is 9.84 Å². The Morgan fingerprint density at radius 2 is 1.58 bits per heavy atom. The number of anilines is 2. The van der Waals surface area contributed by atoms with Gasteiger partial charge < -0.3 is 11.5 Å². The molecular formula is C18H17N5O2S. The fourth-order valence-corrected chi connectivity index (χ4v) is 4.34. The van der Waals surface area contributed by atoms with Crippen molar-refractivity contribution in [2.24, 2.45) is 0 Å². The van der Waals surface area contributed by atoms with Crippen LogP contribution in [0.25, 0.3) is 22.5 Å². The smallest absolute Gasteiger partial charge is 0.181 e. The van der Waals surface area contributed by atoms with Gasteiger partial charge in [0.25, 0.3) is 0 Å². The van der Waals surface area contributed by atoms with Gasteiger partial charge in [0, 0.05) is 17.3 Å². The topological polar surface area (TPSA) is 125 Å². The van der Waals surface area contributed by atoms with Gasteiger partial charge in [-0.05, 0) is 37.1 Å². The lowest BCUT2D eigenvalue weighted by atomic mass is 10.1. The van der Waals surface area contributed by atoms with Crippen LogP contribution in [0.3, 0.4) is 0 Å². The lowest BCUT2D eigenvalue weighted by molar-refractivity contribution is 0.595. The van der Waals surface area contributed by atoms with Gasteiger partial charge in [-0.2, -0.15) is 0 Å². The first kappa shape index (κ1) is 16.5. The van der Waals surface area contributed by atoms with Gasteiger partial charge in [0.05, 0.1) is 22.0 Å². The van der Waals surface area contributed by atoms with Crippen LogP contribution in [0.5, 0.6) is 0 Å². The average Bonchev–Trinajstić information content (AvgIpc) is 3.49. The maximum atomic E-state index is 12.3. The number of nitrogens with zero attached hydrogens (tertiary/aromatic N) is 3. The SMILES string of the molecule is Nc1ccc(-c2nc(-c3ccc(S(=O)(=O)C4CC4)cc3)cnc2N)cn1. The summed E-state index contributed by atoms with van der Waals surface area (Å²) in [5.74, 6) is 0.692. The lowest BCUT2D eigenvalue weighted by Gasteiger charge is -2.08. The number of sulfone groups is 1. The molecule has 0 spiro atoms. The Balaban J connectivity index is 1.70. The Morgan fingerprint density at radius 1 is 0.885 bits per heavy atom. The van der Waals surface area contributed by atoms with Crippen LogP contribution in [0, 0.1) is 0 Å². The Morgan fingerprint density at radius 3 is 2.19 bits per heavy atom. The van der Waals surface area contributed by atoms with E-state index in [-0.39, 0.29) is 11.1 Å². The first-order valence-electron chi connectivity index (χ1n) is 8.14. The molecule has 0 bridgehead atoms. The van der Waals surface area contributed by atoms with Crippen LogP contribution < -0.4 is 11.5 Å². The minimum Gasteiger partial charge on any atom is -0.384 e. The number of hydrogen-bond acceptors (Lipinski definition) is 7. The van der Waals surface area contributed by atoms with E-state index < -0.39 is 9.84 Å². The molecule has 1 aliphatic carbocycles. The van der Waals surface area contributed by atoms with Crippen LogP contribution in [0.15, 0.2) is 53.7 Å². The molecule has 0 saturated heterocycles. The van der Waals surface area contributed by atoms with E-state index in [0.717, 1.165) is 18.4 Å². The Bertz CT molecular complexity index is 1060. The van der Waals surface area contributed by atoms with Crippen LogP contribution >= 0.6 is 0 Å². The summed E-state index contributed by atoms with van der Waals surface area (Å²) < 4.78 is 24.6. The molecule has 0 aliphatic heterocycles. The molecular weight excluding hydrogens is 350 g/mol. The largest absolute Gasteiger partial charge is 0.384 e. The van der Waals surface area contributed by atoms with Gasteiger partial charge in [-0.3, -0.25) is 0 Å². The number of aromatic nitrogens is 3. The second-order valence-electron chi connectivity index (χ2n) is 6.23. The van der Waals surface area contributed by atoms with Crippen molar-refractivity contribution in [1.82, 2.24) is 15.0 Å². The fraction of sp³-hybridized carbons (Fsp3) is 0.167. The van der Waals surface area contributed by atoms with Crippen molar-refractivity contribution in [2.45, 2.75) is 23.0 Å². The van der Waals surface area contributed by atoms with E-state index in [9.17, 15) is 8.42 Å². The zero-order valence-electron chi connectivity index (χ0n) is 13.8. The molecule has 26 heavy (non-hydrogen) atoms.